The molecule has 0 spiro atoms. The molecule has 84 heavy (non-hydrogen) atoms. The fourth-order valence-electron chi connectivity index (χ4n) is 13.1. The summed E-state index contributed by atoms with van der Waals surface area (Å²) in [5.74, 6) is -7.62. The zero-order valence-corrected chi connectivity index (χ0v) is 48.6. The number of carbonyl (C=O) groups is 7. The number of rotatable bonds is 25. The molecule has 5 aliphatic rings. The Morgan fingerprint density at radius 3 is 1.77 bits per heavy atom. The van der Waals surface area contributed by atoms with Gasteiger partial charge < -0.3 is 44.0 Å². The topological polar surface area (TPSA) is 227 Å². The maximum Gasteiger partial charge on any atom is 0.350 e. The highest BCUT2D eigenvalue weighted by molar-refractivity contribution is 5.98. The van der Waals surface area contributed by atoms with Crippen LogP contribution in [0.25, 0.3) is 0 Å². The number of aliphatic hydroxyl groups excluding tert-OH is 1. The number of amides is 1. The average Bonchev–Trinajstić information content (AvgIpc) is 0.625. The van der Waals surface area contributed by atoms with Crippen LogP contribution in [-0.2, 0) is 52.4 Å². The van der Waals surface area contributed by atoms with Crippen molar-refractivity contribution < 1.29 is 72.2 Å². The van der Waals surface area contributed by atoms with E-state index in [1.807, 2.05) is 18.2 Å². The van der Waals surface area contributed by atoms with Crippen molar-refractivity contribution >= 4 is 41.5 Å². The van der Waals surface area contributed by atoms with E-state index in [2.05, 4.69) is 66.9 Å². The third-order valence-electron chi connectivity index (χ3n) is 17.4. The minimum absolute atomic E-state index is 0.0207. The monoisotopic (exact) mass is 1150 g/mol. The molecule has 3 N–H and O–H groups in total. The van der Waals surface area contributed by atoms with Gasteiger partial charge in [-0.2, -0.15) is 0 Å². The number of Topliss-reactive ketones (excluding diaryl/α,β-unsaturated/α-hetero) is 1. The molecule has 1 amide bonds. The Kier molecular flexibility index (Phi) is 19.9. The van der Waals surface area contributed by atoms with Crippen LogP contribution in [0.1, 0.15) is 138 Å². The summed E-state index contributed by atoms with van der Waals surface area (Å²) in [6.07, 6.45) is 21.2. The highest BCUT2D eigenvalue weighted by Crippen LogP contribution is 2.78. The lowest BCUT2D eigenvalue weighted by molar-refractivity contribution is -0.376. The van der Waals surface area contributed by atoms with E-state index in [0.717, 1.165) is 46.0 Å². The van der Waals surface area contributed by atoms with Gasteiger partial charge in [-0.1, -0.05) is 147 Å². The first-order valence-electron chi connectivity index (χ1n) is 28.9. The maximum atomic E-state index is 15.7. The Labute approximate surface area is 491 Å². The molecule has 1 aliphatic heterocycles. The van der Waals surface area contributed by atoms with Gasteiger partial charge in [0.25, 0.3) is 5.91 Å². The van der Waals surface area contributed by atoms with E-state index in [1.165, 1.54) is 26.0 Å². The summed E-state index contributed by atoms with van der Waals surface area (Å²) in [6, 6.07) is 23.2. The molecule has 1 heterocycles. The fraction of sp³-hybridized carbons (Fsp3) is 0.426. The number of benzene rings is 3. The molecule has 2 unspecified atom stereocenters. The first kappa shape index (κ1) is 62.3. The Balaban J connectivity index is 1.10. The van der Waals surface area contributed by atoms with E-state index in [4.69, 9.17) is 28.4 Å². The molecule has 4 aliphatic carbocycles. The van der Waals surface area contributed by atoms with Crippen LogP contribution in [0, 0.1) is 16.7 Å². The molecule has 3 aromatic carbocycles. The van der Waals surface area contributed by atoms with Crippen LogP contribution < -0.4 is 5.32 Å². The molecule has 8 rings (SSSR count). The Morgan fingerprint density at radius 1 is 0.714 bits per heavy atom. The molecule has 16 nitrogen and oxygen atoms in total. The highest BCUT2D eigenvalue weighted by atomic mass is 16.6. The van der Waals surface area contributed by atoms with Gasteiger partial charge in [-0.25, -0.2) is 9.59 Å². The first-order chi connectivity index (χ1) is 40.3. The minimum Gasteiger partial charge on any atom is -0.455 e. The van der Waals surface area contributed by atoms with E-state index in [9.17, 15) is 34.2 Å². The lowest BCUT2D eigenvalue weighted by Gasteiger charge is -2.78. The SMILES string of the molecule is CC/C=C\C/C=C\C/C=C\C/C=C\C/C=C\C/C=C\CCC(=O)O[C@@H](C(=O)OC12C[C@@]3(O)[C@@H](OC(=O)c4ccccc4)[C@@H]4[C@]5(OC(C)=O)CO[C@@H]5C[C@H](O)[C@@]4(C)C(=O)[C@H](OC(C)=O)C(=C1C)[C@@]23C)C(NC(=O)c1ccccc1)c1ccccc1. The van der Waals surface area contributed by atoms with Crippen molar-refractivity contribution in [2.24, 2.45) is 16.7 Å². The van der Waals surface area contributed by atoms with E-state index >= 15 is 9.59 Å². The first-order valence-corrected chi connectivity index (χ1v) is 28.9. The van der Waals surface area contributed by atoms with Gasteiger partial charge in [0, 0.05) is 38.7 Å². The standard InChI is InChI=1S/C68H77NO15/c1-7-8-9-10-11-12-13-14-15-16-17-18-19-20-21-22-23-24-34-41-53(73)81-57(55(48-35-28-25-29-36-48)69-61(75)49-37-30-26-31-38-49)63(77)84-68-43-67(78)60(82-62(76)50-39-32-27-33-40-50)58-64(5,51(72)42-52-66(58,44-79-52)83-47(4)71)59(74)56(80-46(3)70)54(45(68)2)65(67,68)6/h8-9,11-12,14-15,17-18,20-21,23-33,35-40,51-52,55-58,60,72,78H,7,10,13,16,19,22,34,41-44H2,1-6H3,(H,69,75)/b9-8-,12-11-,15-14-,18-17-,21-20-,24-23-/t51-,52+,55?,56+,57+,58-,60-,64+,65+,66-,67+,68?/m0/s1. The molecule has 444 valence electrons. The summed E-state index contributed by atoms with van der Waals surface area (Å²) >= 11 is 0. The summed E-state index contributed by atoms with van der Waals surface area (Å²) in [5, 5.41) is 28.9. The second-order valence-corrected chi connectivity index (χ2v) is 22.5. The van der Waals surface area contributed by atoms with Crippen molar-refractivity contribution in [3.8, 4) is 0 Å². The molecular weight excluding hydrogens is 1070 g/mol. The highest BCUT2D eigenvalue weighted by Gasteiger charge is 2.90. The number of hydrogen-bond donors (Lipinski definition) is 3. The van der Waals surface area contributed by atoms with Gasteiger partial charge in [0.05, 0.1) is 35.0 Å². The number of hydrogen-bond acceptors (Lipinski definition) is 15. The number of aliphatic hydroxyl groups is 2. The molecule has 3 saturated carbocycles. The average molecular weight is 1150 g/mol. The second kappa shape index (κ2) is 26.8. The third kappa shape index (κ3) is 12.1. The number of fused-ring (bicyclic) bond motifs is 3. The van der Waals surface area contributed by atoms with Crippen LogP contribution in [0.5, 0.6) is 0 Å². The zero-order chi connectivity index (χ0) is 60.3. The van der Waals surface area contributed by atoms with Crippen molar-refractivity contribution in [3.63, 3.8) is 0 Å². The summed E-state index contributed by atoms with van der Waals surface area (Å²) < 4.78 is 37.3. The number of carbonyl (C=O) groups excluding carboxylic acids is 7. The van der Waals surface area contributed by atoms with Crippen LogP contribution in [0.4, 0.5) is 0 Å². The number of ether oxygens (including phenoxy) is 6. The van der Waals surface area contributed by atoms with Gasteiger partial charge in [0.2, 0.25) is 6.10 Å². The molecule has 4 fully saturated rings. The second-order valence-electron chi connectivity index (χ2n) is 22.5. The number of ketones is 1. The normalized spacial score (nSPS) is 29.4. The van der Waals surface area contributed by atoms with E-state index in [-0.39, 0.29) is 48.1 Å². The van der Waals surface area contributed by atoms with Crippen LogP contribution in [-0.4, -0.2) is 106 Å². The maximum absolute atomic E-state index is 15.7. The molecular formula is C68H77NO15. The van der Waals surface area contributed by atoms with E-state index in [1.54, 1.807) is 85.8 Å². The van der Waals surface area contributed by atoms with Crippen molar-refractivity contribution in [1.29, 1.82) is 0 Å². The third-order valence-corrected chi connectivity index (χ3v) is 17.4. The van der Waals surface area contributed by atoms with Gasteiger partial charge in [-0.3, -0.25) is 24.0 Å². The lowest BCUT2D eigenvalue weighted by Crippen LogP contribution is -2.90. The van der Waals surface area contributed by atoms with Crippen LogP contribution in [0.3, 0.4) is 0 Å². The molecule has 1 saturated heterocycles. The predicted octanol–water partition coefficient (Wildman–Crippen LogP) is 10.1. The van der Waals surface area contributed by atoms with Crippen molar-refractivity contribution in [2.45, 2.75) is 159 Å². The van der Waals surface area contributed by atoms with Crippen LogP contribution >= 0.6 is 0 Å². The predicted molar refractivity (Wildman–Crippen MR) is 312 cm³/mol. The van der Waals surface area contributed by atoms with Crippen molar-refractivity contribution in [1.82, 2.24) is 5.32 Å². The van der Waals surface area contributed by atoms with E-state index in [0.29, 0.717) is 12.0 Å². The van der Waals surface area contributed by atoms with Gasteiger partial charge in [-0.15, -0.1) is 0 Å². The molecule has 0 bridgehead atoms. The Bertz CT molecular complexity index is 3130. The van der Waals surface area contributed by atoms with Crippen molar-refractivity contribution in [3.05, 3.63) is 192 Å². The molecule has 0 aromatic heterocycles. The van der Waals surface area contributed by atoms with Crippen LogP contribution in [0.15, 0.2) is 175 Å². The molecule has 12 atom stereocenters. The Hall–Kier alpha value is -7.79. The molecule has 0 radical (unpaired) electrons. The largest absolute Gasteiger partial charge is 0.455 e. The van der Waals surface area contributed by atoms with Crippen molar-refractivity contribution in [2.75, 3.05) is 6.61 Å². The van der Waals surface area contributed by atoms with Gasteiger partial charge in [0.15, 0.2) is 17.5 Å². The Morgan fingerprint density at radius 2 is 1.25 bits per heavy atom. The smallest absolute Gasteiger partial charge is 0.350 e. The number of esters is 5. The van der Waals surface area contributed by atoms with E-state index < -0.39 is 118 Å². The number of nitrogens with one attached hydrogen (secondary N) is 1. The lowest BCUT2D eigenvalue weighted by atomic mass is 9.30. The van der Waals surface area contributed by atoms with Gasteiger partial charge in [-0.05, 0) is 107 Å². The number of allylic oxidation sites excluding steroid dienone is 12. The van der Waals surface area contributed by atoms with Gasteiger partial charge >= 0.3 is 29.8 Å². The zero-order valence-electron chi connectivity index (χ0n) is 48.6. The summed E-state index contributed by atoms with van der Waals surface area (Å²) in [6.45, 7) is 8.49. The summed E-state index contributed by atoms with van der Waals surface area (Å²) in [7, 11) is 0. The van der Waals surface area contributed by atoms with Crippen LogP contribution in [0.2, 0.25) is 0 Å². The van der Waals surface area contributed by atoms with Gasteiger partial charge in [0.1, 0.15) is 29.5 Å². The minimum atomic E-state index is -2.37. The molecule has 16 heteroatoms. The summed E-state index contributed by atoms with van der Waals surface area (Å²) in [4.78, 5) is 100. The fourth-order valence-corrected chi connectivity index (χ4v) is 13.1. The quantitative estimate of drug-likeness (QED) is 0.0407. The summed E-state index contributed by atoms with van der Waals surface area (Å²) in [5.41, 5.74) is -9.23. The molecule has 3 aromatic rings.